The van der Waals surface area contributed by atoms with Crippen molar-refractivity contribution < 1.29 is 14.7 Å². The summed E-state index contributed by atoms with van der Waals surface area (Å²) in [7, 11) is 0. The largest absolute Gasteiger partial charge is 0.476 e. The van der Waals surface area contributed by atoms with Gasteiger partial charge in [-0.15, -0.1) is 5.10 Å². The van der Waals surface area contributed by atoms with Gasteiger partial charge < -0.3 is 10.4 Å². The molecule has 20 heavy (non-hydrogen) atoms. The van der Waals surface area contributed by atoms with Gasteiger partial charge in [0, 0.05) is 6.04 Å². The van der Waals surface area contributed by atoms with E-state index >= 15 is 0 Å². The van der Waals surface area contributed by atoms with Gasteiger partial charge in [-0.1, -0.05) is 19.1 Å². The Hall–Kier alpha value is -1.92. The summed E-state index contributed by atoms with van der Waals surface area (Å²) in [6.45, 7) is 4.49. The second kappa shape index (κ2) is 5.60. The van der Waals surface area contributed by atoms with Crippen molar-refractivity contribution in [3.8, 4) is 0 Å². The topological polar surface area (TPSA) is 97.1 Å². The molecule has 7 heteroatoms. The Bertz CT molecular complexity index is 499. The summed E-state index contributed by atoms with van der Waals surface area (Å²) in [5, 5.41) is 18.8. The molecule has 2 N–H and O–H groups in total. The standard InChI is InChI=1S/C13H20N4O3/c1-13(2)5-3-9(4-6-13)14-11(18)8-17-7-10(12(19)20)15-16-17/h7,9H,3-6,8H2,1-2H3,(H,14,18)(H,19,20). The first-order valence-electron chi connectivity index (χ1n) is 6.78. The van der Waals surface area contributed by atoms with Crippen LogP contribution in [0.15, 0.2) is 6.20 Å². The molecule has 0 aromatic carbocycles. The smallest absolute Gasteiger partial charge is 0.358 e. The number of carbonyl (C=O) groups is 2. The van der Waals surface area contributed by atoms with E-state index in [1.54, 1.807) is 0 Å². The number of hydrogen-bond donors (Lipinski definition) is 2. The van der Waals surface area contributed by atoms with Gasteiger partial charge in [0.05, 0.1) is 6.20 Å². The first-order chi connectivity index (χ1) is 9.35. The summed E-state index contributed by atoms with van der Waals surface area (Å²) >= 11 is 0. The van der Waals surface area contributed by atoms with Gasteiger partial charge in [-0.3, -0.25) is 4.79 Å². The number of carbonyl (C=O) groups excluding carboxylic acids is 1. The maximum Gasteiger partial charge on any atom is 0.358 e. The van der Waals surface area contributed by atoms with Gasteiger partial charge in [0.15, 0.2) is 5.69 Å². The highest BCUT2D eigenvalue weighted by atomic mass is 16.4. The minimum Gasteiger partial charge on any atom is -0.476 e. The van der Waals surface area contributed by atoms with Crippen molar-refractivity contribution in [2.45, 2.75) is 52.1 Å². The Morgan fingerprint density at radius 1 is 1.45 bits per heavy atom. The van der Waals surface area contributed by atoms with Crippen LogP contribution in [-0.4, -0.2) is 38.0 Å². The molecule has 0 atom stereocenters. The summed E-state index contributed by atoms with van der Waals surface area (Å²) in [6, 6.07) is 0.206. The van der Waals surface area contributed by atoms with Crippen molar-refractivity contribution in [3.05, 3.63) is 11.9 Å². The number of nitrogens with zero attached hydrogens (tertiary/aromatic N) is 3. The Kier molecular flexibility index (Phi) is 4.06. The molecule has 0 saturated heterocycles. The molecule has 1 aromatic heterocycles. The van der Waals surface area contributed by atoms with Crippen LogP contribution in [0.25, 0.3) is 0 Å². The SMILES string of the molecule is CC1(C)CCC(NC(=O)Cn2cc(C(=O)O)nn2)CC1. The third-order valence-corrected chi connectivity index (χ3v) is 3.77. The summed E-state index contributed by atoms with van der Waals surface area (Å²) in [5.74, 6) is -1.30. The molecule has 7 nitrogen and oxygen atoms in total. The Labute approximate surface area is 117 Å². The van der Waals surface area contributed by atoms with Crippen LogP contribution in [0.5, 0.6) is 0 Å². The maximum atomic E-state index is 11.9. The number of rotatable bonds is 4. The van der Waals surface area contributed by atoms with Gasteiger partial charge in [0.25, 0.3) is 0 Å². The zero-order valence-electron chi connectivity index (χ0n) is 11.8. The molecule has 1 aliphatic rings. The minimum atomic E-state index is -1.15. The minimum absolute atomic E-state index is 0.000171. The third kappa shape index (κ3) is 3.79. The maximum absolute atomic E-state index is 11.9. The van der Waals surface area contributed by atoms with Crippen molar-refractivity contribution in [3.63, 3.8) is 0 Å². The number of carboxylic acids is 1. The van der Waals surface area contributed by atoms with E-state index in [1.165, 1.54) is 10.9 Å². The van der Waals surface area contributed by atoms with E-state index in [1.807, 2.05) is 0 Å². The fraction of sp³-hybridized carbons (Fsp3) is 0.692. The van der Waals surface area contributed by atoms with Gasteiger partial charge in [0.2, 0.25) is 5.91 Å². The molecule has 1 saturated carbocycles. The lowest BCUT2D eigenvalue weighted by Gasteiger charge is -2.34. The predicted octanol–water partition coefficient (Wildman–Crippen LogP) is 1.06. The number of nitrogens with one attached hydrogen (secondary N) is 1. The first-order valence-corrected chi connectivity index (χ1v) is 6.78. The Balaban J connectivity index is 1.82. The third-order valence-electron chi connectivity index (χ3n) is 3.77. The Morgan fingerprint density at radius 3 is 2.65 bits per heavy atom. The molecule has 0 unspecified atom stereocenters. The van der Waals surface area contributed by atoms with Crippen molar-refractivity contribution in [1.29, 1.82) is 0 Å². The van der Waals surface area contributed by atoms with E-state index in [4.69, 9.17) is 5.11 Å². The summed E-state index contributed by atoms with van der Waals surface area (Å²) < 4.78 is 1.24. The van der Waals surface area contributed by atoms with Gasteiger partial charge in [-0.2, -0.15) is 0 Å². The van der Waals surface area contributed by atoms with E-state index in [0.29, 0.717) is 5.41 Å². The van der Waals surface area contributed by atoms with E-state index in [9.17, 15) is 9.59 Å². The lowest BCUT2D eigenvalue weighted by Crippen LogP contribution is -2.40. The highest BCUT2D eigenvalue weighted by Gasteiger charge is 2.27. The van der Waals surface area contributed by atoms with Crippen molar-refractivity contribution in [2.75, 3.05) is 0 Å². The Morgan fingerprint density at radius 2 is 2.10 bits per heavy atom. The monoisotopic (exact) mass is 280 g/mol. The van der Waals surface area contributed by atoms with Crippen LogP contribution in [0.4, 0.5) is 0 Å². The molecule has 1 fully saturated rings. The van der Waals surface area contributed by atoms with Crippen molar-refractivity contribution in [1.82, 2.24) is 20.3 Å². The number of hydrogen-bond acceptors (Lipinski definition) is 4. The van der Waals surface area contributed by atoms with Crippen LogP contribution in [0, 0.1) is 5.41 Å². The quantitative estimate of drug-likeness (QED) is 0.859. The molecular formula is C13H20N4O3. The van der Waals surface area contributed by atoms with E-state index in [0.717, 1.165) is 25.7 Å². The molecule has 1 aliphatic carbocycles. The summed E-state index contributed by atoms with van der Waals surface area (Å²) in [4.78, 5) is 22.5. The molecule has 1 amide bonds. The van der Waals surface area contributed by atoms with Gasteiger partial charge in [-0.05, 0) is 31.1 Å². The van der Waals surface area contributed by atoms with E-state index < -0.39 is 5.97 Å². The lowest BCUT2D eigenvalue weighted by atomic mass is 9.75. The van der Waals surface area contributed by atoms with Gasteiger partial charge in [0.1, 0.15) is 6.54 Å². The van der Waals surface area contributed by atoms with Gasteiger partial charge >= 0.3 is 5.97 Å². The summed E-state index contributed by atoms with van der Waals surface area (Å²) in [6.07, 6.45) is 5.42. The number of amides is 1. The fourth-order valence-corrected chi connectivity index (χ4v) is 2.44. The lowest BCUT2D eigenvalue weighted by molar-refractivity contribution is -0.123. The zero-order chi connectivity index (χ0) is 14.8. The molecular weight excluding hydrogens is 260 g/mol. The van der Waals surface area contributed by atoms with Crippen molar-refractivity contribution >= 4 is 11.9 Å². The second-order valence-electron chi connectivity index (χ2n) is 6.11. The summed E-state index contributed by atoms with van der Waals surface area (Å²) in [5.41, 5.74) is 0.209. The van der Waals surface area contributed by atoms with Crippen LogP contribution in [0.1, 0.15) is 50.0 Å². The average Bonchev–Trinajstić information content (AvgIpc) is 2.80. The van der Waals surface area contributed by atoms with Crippen LogP contribution in [0.2, 0.25) is 0 Å². The molecule has 1 aromatic rings. The molecule has 0 aliphatic heterocycles. The normalized spacial score (nSPS) is 18.7. The van der Waals surface area contributed by atoms with Gasteiger partial charge in [-0.25, -0.2) is 9.48 Å². The first kappa shape index (κ1) is 14.5. The van der Waals surface area contributed by atoms with E-state index in [-0.39, 0.29) is 24.2 Å². The molecule has 0 bridgehead atoms. The predicted molar refractivity (Wildman–Crippen MR) is 71.2 cm³/mol. The number of aromatic nitrogens is 3. The number of aromatic carboxylic acids is 1. The van der Waals surface area contributed by atoms with Crippen LogP contribution < -0.4 is 5.32 Å². The highest BCUT2D eigenvalue weighted by Crippen LogP contribution is 2.34. The van der Waals surface area contributed by atoms with Crippen LogP contribution in [0.3, 0.4) is 0 Å². The second-order valence-corrected chi connectivity index (χ2v) is 6.11. The van der Waals surface area contributed by atoms with Crippen LogP contribution >= 0.6 is 0 Å². The molecule has 0 spiro atoms. The molecule has 2 rings (SSSR count). The van der Waals surface area contributed by atoms with E-state index in [2.05, 4.69) is 29.5 Å². The van der Waals surface area contributed by atoms with Crippen molar-refractivity contribution in [2.24, 2.45) is 5.41 Å². The molecule has 0 radical (unpaired) electrons. The van der Waals surface area contributed by atoms with Crippen LogP contribution in [-0.2, 0) is 11.3 Å². The highest BCUT2D eigenvalue weighted by molar-refractivity contribution is 5.84. The number of carboxylic acid groups (broad SMARTS) is 1. The fourth-order valence-electron chi connectivity index (χ4n) is 2.44. The zero-order valence-corrected chi connectivity index (χ0v) is 11.8. The average molecular weight is 280 g/mol. The molecule has 110 valence electrons. The molecule has 1 heterocycles.